The van der Waals surface area contributed by atoms with Gasteiger partial charge in [0.2, 0.25) is 0 Å². The molecule has 90 valence electrons. The van der Waals surface area contributed by atoms with Crippen LogP contribution in [0.3, 0.4) is 0 Å². The highest BCUT2D eigenvalue weighted by Crippen LogP contribution is 2.24. The molecule has 1 heterocycles. The van der Waals surface area contributed by atoms with Gasteiger partial charge in [-0.1, -0.05) is 23.7 Å². The van der Waals surface area contributed by atoms with Crippen LogP contribution in [0.15, 0.2) is 22.7 Å². The zero-order valence-electron chi connectivity index (χ0n) is 9.47. The molecule has 0 radical (unpaired) electrons. The van der Waals surface area contributed by atoms with Gasteiger partial charge in [0.05, 0.1) is 27.4 Å². The second-order valence-electron chi connectivity index (χ2n) is 3.86. The molecule has 0 aliphatic heterocycles. The third-order valence-electron chi connectivity index (χ3n) is 2.64. The Labute approximate surface area is 113 Å². The largest absolute Gasteiger partial charge is 0.264 e. The minimum Gasteiger partial charge on any atom is -0.264 e. The summed E-state index contributed by atoms with van der Waals surface area (Å²) in [5, 5.41) is 4.53. The fraction of sp³-hybridized carbons (Fsp3) is 0.250. The van der Waals surface area contributed by atoms with Crippen molar-refractivity contribution in [2.75, 3.05) is 0 Å². The fourth-order valence-corrected chi connectivity index (χ4v) is 2.13. The van der Waals surface area contributed by atoms with Crippen molar-refractivity contribution < 1.29 is 4.39 Å². The van der Waals surface area contributed by atoms with Gasteiger partial charge in [0.15, 0.2) is 0 Å². The highest BCUT2D eigenvalue weighted by molar-refractivity contribution is 9.10. The van der Waals surface area contributed by atoms with Crippen LogP contribution in [0.5, 0.6) is 0 Å². The molecule has 1 aromatic carbocycles. The maximum Gasteiger partial charge on any atom is 0.142 e. The van der Waals surface area contributed by atoms with E-state index >= 15 is 0 Å². The van der Waals surface area contributed by atoms with E-state index in [0.29, 0.717) is 6.54 Å². The van der Waals surface area contributed by atoms with E-state index in [1.54, 1.807) is 16.8 Å². The van der Waals surface area contributed by atoms with E-state index in [0.717, 1.165) is 21.4 Å². The first-order valence-electron chi connectivity index (χ1n) is 5.13. The number of aryl methyl sites for hydroxylation is 1. The van der Waals surface area contributed by atoms with Crippen molar-refractivity contribution in [2.45, 2.75) is 20.4 Å². The molecular weight excluding hydrogens is 307 g/mol. The van der Waals surface area contributed by atoms with Crippen molar-refractivity contribution in [3.63, 3.8) is 0 Å². The molecule has 0 unspecified atom stereocenters. The van der Waals surface area contributed by atoms with Crippen molar-refractivity contribution in [3.05, 3.63) is 50.5 Å². The number of aromatic nitrogens is 2. The Kier molecular flexibility index (Phi) is 3.54. The molecule has 0 spiro atoms. The second kappa shape index (κ2) is 4.78. The van der Waals surface area contributed by atoms with Crippen LogP contribution in [0.1, 0.15) is 17.0 Å². The standard InChI is InChI=1S/C12H11BrClFN2/c1-7-11(13)8(2)17(16-7)6-9-4-3-5-10(15)12(9)14/h3-5H,6H2,1-2H3. The summed E-state index contributed by atoms with van der Waals surface area (Å²) in [6.07, 6.45) is 0. The first-order chi connectivity index (χ1) is 8.00. The SMILES string of the molecule is Cc1nn(Cc2cccc(F)c2Cl)c(C)c1Br. The Balaban J connectivity index is 2.38. The van der Waals surface area contributed by atoms with E-state index in [1.165, 1.54) is 6.07 Å². The Morgan fingerprint density at radius 1 is 1.41 bits per heavy atom. The Hall–Kier alpha value is -0.870. The van der Waals surface area contributed by atoms with Gasteiger partial charge in [-0.05, 0) is 41.4 Å². The van der Waals surface area contributed by atoms with E-state index in [4.69, 9.17) is 11.6 Å². The van der Waals surface area contributed by atoms with Gasteiger partial charge < -0.3 is 0 Å². The molecule has 0 saturated carbocycles. The average molecular weight is 318 g/mol. The summed E-state index contributed by atoms with van der Waals surface area (Å²) in [6.45, 7) is 4.34. The molecule has 0 bridgehead atoms. The van der Waals surface area contributed by atoms with Crippen LogP contribution in [-0.2, 0) is 6.54 Å². The Morgan fingerprint density at radius 2 is 2.12 bits per heavy atom. The van der Waals surface area contributed by atoms with Crippen molar-refractivity contribution in [2.24, 2.45) is 0 Å². The van der Waals surface area contributed by atoms with Gasteiger partial charge in [-0.25, -0.2) is 4.39 Å². The predicted molar refractivity (Wildman–Crippen MR) is 69.9 cm³/mol. The zero-order valence-corrected chi connectivity index (χ0v) is 11.8. The van der Waals surface area contributed by atoms with Crippen LogP contribution in [0.2, 0.25) is 5.02 Å². The number of rotatable bonds is 2. The van der Waals surface area contributed by atoms with Gasteiger partial charge in [0.25, 0.3) is 0 Å². The monoisotopic (exact) mass is 316 g/mol. The summed E-state index contributed by atoms with van der Waals surface area (Å²) in [7, 11) is 0. The second-order valence-corrected chi connectivity index (χ2v) is 5.03. The third-order valence-corrected chi connectivity index (χ3v) is 4.22. The Morgan fingerprint density at radius 3 is 2.71 bits per heavy atom. The predicted octanol–water partition coefficient (Wildman–Crippen LogP) is 4.10. The molecule has 0 aliphatic rings. The molecule has 0 atom stereocenters. The molecule has 17 heavy (non-hydrogen) atoms. The number of hydrogen-bond acceptors (Lipinski definition) is 1. The van der Waals surface area contributed by atoms with Crippen LogP contribution in [0.25, 0.3) is 0 Å². The number of hydrogen-bond donors (Lipinski definition) is 0. The smallest absolute Gasteiger partial charge is 0.142 e. The van der Waals surface area contributed by atoms with Crippen molar-refractivity contribution in [3.8, 4) is 0 Å². The molecule has 0 amide bonds. The molecule has 0 N–H and O–H groups in total. The van der Waals surface area contributed by atoms with Crippen LogP contribution >= 0.6 is 27.5 Å². The lowest BCUT2D eigenvalue weighted by atomic mass is 10.2. The zero-order chi connectivity index (χ0) is 12.6. The molecule has 2 nitrogen and oxygen atoms in total. The van der Waals surface area contributed by atoms with Crippen LogP contribution in [-0.4, -0.2) is 9.78 Å². The van der Waals surface area contributed by atoms with E-state index in [1.807, 2.05) is 13.8 Å². The summed E-state index contributed by atoms with van der Waals surface area (Å²) in [5.41, 5.74) is 2.64. The summed E-state index contributed by atoms with van der Waals surface area (Å²) in [6, 6.07) is 4.80. The summed E-state index contributed by atoms with van der Waals surface area (Å²) < 4.78 is 16.1. The molecule has 1 aromatic heterocycles. The first-order valence-corrected chi connectivity index (χ1v) is 6.30. The van der Waals surface area contributed by atoms with E-state index in [2.05, 4.69) is 21.0 Å². The average Bonchev–Trinajstić information content (AvgIpc) is 2.53. The normalized spacial score (nSPS) is 10.9. The topological polar surface area (TPSA) is 17.8 Å². The Bertz CT molecular complexity index is 566. The maximum absolute atomic E-state index is 13.3. The van der Waals surface area contributed by atoms with Gasteiger partial charge in [-0.15, -0.1) is 0 Å². The lowest BCUT2D eigenvalue weighted by Gasteiger charge is -2.07. The number of benzene rings is 1. The summed E-state index contributed by atoms with van der Waals surface area (Å²) in [4.78, 5) is 0. The molecule has 0 aliphatic carbocycles. The molecule has 2 aromatic rings. The molecule has 5 heteroatoms. The van der Waals surface area contributed by atoms with Gasteiger partial charge in [-0.3, -0.25) is 4.68 Å². The van der Waals surface area contributed by atoms with Crippen LogP contribution < -0.4 is 0 Å². The summed E-state index contributed by atoms with van der Waals surface area (Å²) >= 11 is 9.37. The van der Waals surface area contributed by atoms with Gasteiger partial charge in [0.1, 0.15) is 5.82 Å². The van der Waals surface area contributed by atoms with E-state index < -0.39 is 5.82 Å². The molecular formula is C12H11BrClFN2. The lowest BCUT2D eigenvalue weighted by Crippen LogP contribution is -2.05. The minimum atomic E-state index is -0.398. The van der Waals surface area contributed by atoms with Gasteiger partial charge in [0, 0.05) is 0 Å². The first kappa shape index (κ1) is 12.6. The highest BCUT2D eigenvalue weighted by Gasteiger charge is 2.11. The van der Waals surface area contributed by atoms with Crippen molar-refractivity contribution in [1.82, 2.24) is 9.78 Å². The van der Waals surface area contributed by atoms with Crippen LogP contribution in [0, 0.1) is 19.7 Å². The fourth-order valence-electron chi connectivity index (χ4n) is 1.66. The van der Waals surface area contributed by atoms with Crippen molar-refractivity contribution >= 4 is 27.5 Å². The van der Waals surface area contributed by atoms with E-state index in [-0.39, 0.29) is 5.02 Å². The molecule has 0 fully saturated rings. The number of nitrogens with zero attached hydrogens (tertiary/aromatic N) is 2. The van der Waals surface area contributed by atoms with E-state index in [9.17, 15) is 4.39 Å². The maximum atomic E-state index is 13.3. The lowest BCUT2D eigenvalue weighted by molar-refractivity contribution is 0.616. The van der Waals surface area contributed by atoms with Crippen LogP contribution in [0.4, 0.5) is 4.39 Å². The molecule has 0 saturated heterocycles. The minimum absolute atomic E-state index is 0.163. The highest BCUT2D eigenvalue weighted by atomic mass is 79.9. The van der Waals surface area contributed by atoms with Gasteiger partial charge in [-0.2, -0.15) is 5.10 Å². The quantitative estimate of drug-likeness (QED) is 0.815. The number of halogens is 3. The summed E-state index contributed by atoms with van der Waals surface area (Å²) in [5.74, 6) is -0.398. The molecule has 2 rings (SSSR count). The van der Waals surface area contributed by atoms with Gasteiger partial charge >= 0.3 is 0 Å². The van der Waals surface area contributed by atoms with Crippen molar-refractivity contribution in [1.29, 1.82) is 0 Å². The third kappa shape index (κ3) is 2.38.